The van der Waals surface area contributed by atoms with Crippen LogP contribution in [0.3, 0.4) is 0 Å². The van der Waals surface area contributed by atoms with Crippen molar-refractivity contribution < 1.29 is 4.79 Å². The number of aromatic nitrogens is 2. The van der Waals surface area contributed by atoms with Crippen LogP contribution in [0.1, 0.15) is 27.3 Å². The standard InChI is InChI=1S/C18H20N2O/c1-12-5-6-15-7-8-20(17(15)9-12)11-18(21)16-10-13(2)19(4)14(16)3/h5-10H,11H2,1-4H3. The van der Waals surface area contributed by atoms with Gasteiger partial charge in [0.05, 0.1) is 6.54 Å². The van der Waals surface area contributed by atoms with Crippen molar-refractivity contribution in [2.75, 3.05) is 0 Å². The van der Waals surface area contributed by atoms with Gasteiger partial charge >= 0.3 is 0 Å². The first-order chi connectivity index (χ1) is 9.97. The summed E-state index contributed by atoms with van der Waals surface area (Å²) >= 11 is 0. The molecular weight excluding hydrogens is 260 g/mol. The highest BCUT2D eigenvalue weighted by molar-refractivity contribution is 5.98. The summed E-state index contributed by atoms with van der Waals surface area (Å²) < 4.78 is 4.09. The summed E-state index contributed by atoms with van der Waals surface area (Å²) in [4.78, 5) is 12.6. The Hall–Kier alpha value is -2.29. The molecule has 3 nitrogen and oxygen atoms in total. The molecule has 0 amide bonds. The van der Waals surface area contributed by atoms with Gasteiger partial charge < -0.3 is 9.13 Å². The van der Waals surface area contributed by atoms with E-state index in [0.29, 0.717) is 6.54 Å². The third-order valence-electron chi connectivity index (χ3n) is 4.32. The second-order valence-corrected chi connectivity index (χ2v) is 5.77. The molecular formula is C18H20N2O. The van der Waals surface area contributed by atoms with Gasteiger partial charge in [0.25, 0.3) is 0 Å². The van der Waals surface area contributed by atoms with Crippen molar-refractivity contribution in [1.82, 2.24) is 9.13 Å². The van der Waals surface area contributed by atoms with Crippen LogP contribution < -0.4 is 0 Å². The van der Waals surface area contributed by atoms with Crippen LogP contribution in [0.5, 0.6) is 0 Å². The molecule has 0 saturated carbocycles. The van der Waals surface area contributed by atoms with Crippen molar-refractivity contribution >= 4 is 16.7 Å². The molecule has 0 aliphatic heterocycles. The zero-order chi connectivity index (χ0) is 15.1. The van der Waals surface area contributed by atoms with E-state index in [1.807, 2.05) is 37.7 Å². The molecule has 1 aromatic carbocycles. The summed E-state index contributed by atoms with van der Waals surface area (Å²) in [5.74, 6) is 0.162. The molecule has 108 valence electrons. The lowest BCUT2D eigenvalue weighted by Crippen LogP contribution is -2.10. The molecule has 3 aromatic rings. The van der Waals surface area contributed by atoms with Crippen LogP contribution in [0.25, 0.3) is 10.9 Å². The first kappa shape index (κ1) is 13.7. The maximum atomic E-state index is 12.6. The summed E-state index contributed by atoms with van der Waals surface area (Å²) in [6.45, 7) is 6.48. The van der Waals surface area contributed by atoms with E-state index in [9.17, 15) is 4.79 Å². The number of ketones is 1. The fraction of sp³-hybridized carbons (Fsp3) is 0.278. The highest BCUT2D eigenvalue weighted by atomic mass is 16.1. The van der Waals surface area contributed by atoms with Crippen molar-refractivity contribution in [3.63, 3.8) is 0 Å². The maximum absolute atomic E-state index is 12.6. The Balaban J connectivity index is 1.96. The van der Waals surface area contributed by atoms with E-state index in [-0.39, 0.29) is 5.78 Å². The molecule has 0 N–H and O–H groups in total. The molecule has 0 spiro atoms. The van der Waals surface area contributed by atoms with E-state index < -0.39 is 0 Å². The fourth-order valence-electron chi connectivity index (χ4n) is 2.81. The van der Waals surface area contributed by atoms with Gasteiger partial charge in [-0.2, -0.15) is 0 Å². The predicted molar refractivity (Wildman–Crippen MR) is 85.9 cm³/mol. The molecule has 3 heteroatoms. The molecule has 2 heterocycles. The highest BCUT2D eigenvalue weighted by Crippen LogP contribution is 2.19. The van der Waals surface area contributed by atoms with Crippen molar-refractivity contribution in [3.05, 3.63) is 59.0 Å². The number of aryl methyl sites for hydroxylation is 2. The number of Topliss-reactive ketones (excluding diaryl/α,β-unsaturated/α-hetero) is 1. The van der Waals surface area contributed by atoms with Crippen molar-refractivity contribution in [2.24, 2.45) is 7.05 Å². The number of hydrogen-bond donors (Lipinski definition) is 0. The SMILES string of the molecule is Cc1ccc2ccn(CC(=O)c3cc(C)n(C)c3C)c2c1. The monoisotopic (exact) mass is 280 g/mol. The molecule has 0 aliphatic carbocycles. The normalized spacial score (nSPS) is 11.2. The minimum atomic E-state index is 0.162. The topological polar surface area (TPSA) is 26.9 Å². The smallest absolute Gasteiger partial charge is 0.184 e. The maximum Gasteiger partial charge on any atom is 0.184 e. The lowest BCUT2D eigenvalue weighted by Gasteiger charge is -2.06. The highest BCUT2D eigenvalue weighted by Gasteiger charge is 2.15. The van der Waals surface area contributed by atoms with Crippen molar-refractivity contribution in [3.8, 4) is 0 Å². The Morgan fingerprint density at radius 2 is 1.86 bits per heavy atom. The molecule has 0 bridgehead atoms. The first-order valence-corrected chi connectivity index (χ1v) is 7.19. The summed E-state index contributed by atoms with van der Waals surface area (Å²) in [5, 5.41) is 1.18. The zero-order valence-corrected chi connectivity index (χ0v) is 13.0. The summed E-state index contributed by atoms with van der Waals surface area (Å²) in [7, 11) is 2.00. The first-order valence-electron chi connectivity index (χ1n) is 7.19. The molecule has 3 rings (SSSR count). The Bertz CT molecular complexity index is 836. The largest absolute Gasteiger partial charge is 0.351 e. The van der Waals surface area contributed by atoms with Crippen LogP contribution in [-0.2, 0) is 13.6 Å². The van der Waals surface area contributed by atoms with E-state index in [1.54, 1.807) is 0 Å². The minimum absolute atomic E-state index is 0.162. The Labute approximate surface area is 124 Å². The van der Waals surface area contributed by atoms with E-state index in [4.69, 9.17) is 0 Å². The van der Waals surface area contributed by atoms with Gasteiger partial charge in [0.2, 0.25) is 0 Å². The average Bonchev–Trinajstić information content (AvgIpc) is 2.95. The molecule has 0 aliphatic rings. The van der Waals surface area contributed by atoms with E-state index in [2.05, 4.69) is 35.8 Å². The summed E-state index contributed by atoms with van der Waals surface area (Å²) in [6, 6.07) is 10.4. The van der Waals surface area contributed by atoms with Gasteiger partial charge in [-0.25, -0.2) is 0 Å². The fourth-order valence-corrected chi connectivity index (χ4v) is 2.81. The average molecular weight is 280 g/mol. The summed E-state index contributed by atoms with van der Waals surface area (Å²) in [6.07, 6.45) is 1.99. The minimum Gasteiger partial charge on any atom is -0.351 e. The number of rotatable bonds is 3. The quantitative estimate of drug-likeness (QED) is 0.671. The molecule has 0 radical (unpaired) electrons. The van der Waals surface area contributed by atoms with Crippen LogP contribution in [0.2, 0.25) is 0 Å². The number of nitrogens with zero attached hydrogens (tertiary/aromatic N) is 2. The van der Waals surface area contributed by atoms with Gasteiger partial charge in [0, 0.05) is 35.7 Å². The van der Waals surface area contributed by atoms with Gasteiger partial charge in [0.1, 0.15) is 0 Å². The van der Waals surface area contributed by atoms with Gasteiger partial charge in [-0.15, -0.1) is 0 Å². The number of fused-ring (bicyclic) bond motifs is 1. The van der Waals surface area contributed by atoms with E-state index in [0.717, 1.165) is 22.5 Å². The van der Waals surface area contributed by atoms with Gasteiger partial charge in [0.15, 0.2) is 5.78 Å². The number of carbonyl (C=O) groups excluding carboxylic acids is 1. The third kappa shape index (κ3) is 2.29. The number of benzene rings is 1. The van der Waals surface area contributed by atoms with Gasteiger partial charge in [-0.05, 0) is 49.9 Å². The molecule has 0 atom stereocenters. The molecule has 0 fully saturated rings. The van der Waals surface area contributed by atoms with Gasteiger partial charge in [-0.1, -0.05) is 12.1 Å². The van der Waals surface area contributed by atoms with Gasteiger partial charge in [-0.3, -0.25) is 4.79 Å². The molecule has 2 aromatic heterocycles. The molecule has 0 unspecified atom stereocenters. The molecule has 0 saturated heterocycles. The Kier molecular flexibility index (Phi) is 3.20. The zero-order valence-electron chi connectivity index (χ0n) is 13.0. The Morgan fingerprint density at radius 3 is 2.52 bits per heavy atom. The van der Waals surface area contributed by atoms with Crippen LogP contribution in [0, 0.1) is 20.8 Å². The van der Waals surface area contributed by atoms with Crippen LogP contribution in [-0.4, -0.2) is 14.9 Å². The van der Waals surface area contributed by atoms with Crippen molar-refractivity contribution in [1.29, 1.82) is 0 Å². The number of hydrogen-bond acceptors (Lipinski definition) is 1. The Morgan fingerprint density at radius 1 is 1.10 bits per heavy atom. The predicted octanol–water partition coefficient (Wildman–Crippen LogP) is 3.79. The third-order valence-corrected chi connectivity index (χ3v) is 4.32. The van der Waals surface area contributed by atoms with Crippen molar-refractivity contribution in [2.45, 2.75) is 27.3 Å². The van der Waals surface area contributed by atoms with Crippen LogP contribution >= 0.6 is 0 Å². The van der Waals surface area contributed by atoms with Crippen LogP contribution in [0.15, 0.2) is 36.5 Å². The van der Waals surface area contributed by atoms with Crippen LogP contribution in [0.4, 0.5) is 0 Å². The molecule has 21 heavy (non-hydrogen) atoms. The lowest BCUT2D eigenvalue weighted by molar-refractivity contribution is 0.0973. The lowest BCUT2D eigenvalue weighted by atomic mass is 10.1. The van der Waals surface area contributed by atoms with E-state index >= 15 is 0 Å². The second-order valence-electron chi connectivity index (χ2n) is 5.77. The van der Waals surface area contributed by atoms with E-state index in [1.165, 1.54) is 10.9 Å². The summed E-state index contributed by atoms with van der Waals surface area (Å²) in [5.41, 5.74) is 5.30. The second kappa shape index (κ2) is 4.92. The number of carbonyl (C=O) groups is 1.